The second kappa shape index (κ2) is 8.50. The summed E-state index contributed by atoms with van der Waals surface area (Å²) < 4.78 is 6.85. The molecule has 1 aromatic heterocycles. The van der Waals surface area contributed by atoms with Gasteiger partial charge in [0, 0.05) is 56.0 Å². The highest BCUT2D eigenvalue weighted by atomic mass is 16.5. The lowest BCUT2D eigenvalue weighted by atomic mass is 9.82. The van der Waals surface area contributed by atoms with Gasteiger partial charge in [0.15, 0.2) is 0 Å². The summed E-state index contributed by atoms with van der Waals surface area (Å²) in [5.41, 5.74) is 2.13. The smallest absolute Gasteiger partial charge is 0.338 e. The molecule has 8 heteroatoms. The quantitative estimate of drug-likeness (QED) is 0.667. The van der Waals surface area contributed by atoms with Crippen molar-refractivity contribution in [1.82, 2.24) is 9.47 Å². The van der Waals surface area contributed by atoms with Crippen molar-refractivity contribution < 1.29 is 19.1 Å². The standard InChI is InChI=1S/C25H27N3O5/c1-2-33-25(32)17-6-8-20(9-7-17)27-15-19(11-23(27)30)24(31)26-12-16-10-18(14-26)21-4-3-5-22(29)28(21)13-16/h3-9,16,18-19H,2,10-15H2,1H3. The van der Waals surface area contributed by atoms with Crippen molar-refractivity contribution in [3.63, 3.8) is 0 Å². The molecule has 2 saturated heterocycles. The maximum absolute atomic E-state index is 13.4. The molecule has 5 rings (SSSR count). The summed E-state index contributed by atoms with van der Waals surface area (Å²) in [6.07, 6.45) is 1.16. The van der Waals surface area contributed by atoms with Gasteiger partial charge >= 0.3 is 5.97 Å². The van der Waals surface area contributed by atoms with E-state index in [1.165, 1.54) is 0 Å². The average molecular weight is 450 g/mol. The van der Waals surface area contributed by atoms with E-state index in [1.807, 2.05) is 15.5 Å². The Bertz CT molecular complexity index is 1160. The van der Waals surface area contributed by atoms with Crippen LogP contribution in [0.1, 0.15) is 41.7 Å². The Balaban J connectivity index is 1.28. The second-order valence-electron chi connectivity index (χ2n) is 9.11. The number of fused-ring (bicyclic) bond motifs is 4. The number of hydrogen-bond acceptors (Lipinski definition) is 5. The van der Waals surface area contributed by atoms with Gasteiger partial charge in [0.25, 0.3) is 5.56 Å². The zero-order valence-corrected chi connectivity index (χ0v) is 18.6. The molecule has 0 N–H and O–H groups in total. The first-order valence-electron chi connectivity index (χ1n) is 11.5. The Labute approximate surface area is 191 Å². The third-order valence-corrected chi connectivity index (χ3v) is 6.96. The number of benzene rings is 1. The highest BCUT2D eigenvalue weighted by Crippen LogP contribution is 2.36. The first kappa shape index (κ1) is 21.4. The van der Waals surface area contributed by atoms with Crippen molar-refractivity contribution >= 4 is 23.5 Å². The Kier molecular flexibility index (Phi) is 5.52. The topological polar surface area (TPSA) is 88.9 Å². The first-order chi connectivity index (χ1) is 15.9. The summed E-state index contributed by atoms with van der Waals surface area (Å²) in [6, 6.07) is 12.1. The number of rotatable bonds is 4. The van der Waals surface area contributed by atoms with Crippen LogP contribution in [0.2, 0.25) is 0 Å². The Morgan fingerprint density at radius 3 is 2.55 bits per heavy atom. The number of pyridine rings is 1. The lowest BCUT2D eigenvalue weighted by molar-refractivity contribution is -0.138. The zero-order valence-electron chi connectivity index (χ0n) is 18.6. The first-order valence-corrected chi connectivity index (χ1v) is 11.5. The maximum atomic E-state index is 13.4. The van der Waals surface area contributed by atoms with E-state index in [4.69, 9.17) is 4.74 Å². The van der Waals surface area contributed by atoms with Gasteiger partial charge in [0.1, 0.15) is 0 Å². The summed E-state index contributed by atoms with van der Waals surface area (Å²) in [6.45, 7) is 4.22. The third-order valence-electron chi connectivity index (χ3n) is 6.96. The molecule has 33 heavy (non-hydrogen) atoms. The van der Waals surface area contributed by atoms with E-state index < -0.39 is 5.97 Å². The van der Waals surface area contributed by atoms with Crippen molar-refractivity contribution in [1.29, 1.82) is 0 Å². The summed E-state index contributed by atoms with van der Waals surface area (Å²) in [7, 11) is 0. The van der Waals surface area contributed by atoms with E-state index >= 15 is 0 Å². The second-order valence-corrected chi connectivity index (χ2v) is 9.11. The van der Waals surface area contributed by atoms with Crippen LogP contribution in [-0.4, -0.2) is 53.5 Å². The van der Waals surface area contributed by atoms with Crippen molar-refractivity contribution in [3.05, 3.63) is 64.1 Å². The summed E-state index contributed by atoms with van der Waals surface area (Å²) >= 11 is 0. The van der Waals surface area contributed by atoms with Gasteiger partial charge in [-0.1, -0.05) is 6.07 Å². The van der Waals surface area contributed by atoms with E-state index in [1.54, 1.807) is 48.2 Å². The number of nitrogens with zero attached hydrogens (tertiary/aromatic N) is 3. The van der Waals surface area contributed by atoms with Crippen LogP contribution in [0.5, 0.6) is 0 Å². The molecule has 3 aliphatic rings. The molecule has 3 unspecified atom stereocenters. The number of hydrogen-bond donors (Lipinski definition) is 0. The minimum Gasteiger partial charge on any atom is -0.462 e. The normalized spacial score (nSPS) is 23.9. The van der Waals surface area contributed by atoms with Gasteiger partial charge in [-0.05, 0) is 49.6 Å². The van der Waals surface area contributed by atoms with Crippen molar-refractivity contribution in [2.75, 3.05) is 31.1 Å². The number of carbonyl (C=O) groups excluding carboxylic acids is 3. The minimum atomic E-state index is -0.399. The van der Waals surface area contributed by atoms with Gasteiger partial charge in [-0.3, -0.25) is 14.4 Å². The number of aromatic nitrogens is 1. The maximum Gasteiger partial charge on any atom is 0.338 e. The third kappa shape index (κ3) is 3.94. The van der Waals surface area contributed by atoms with Crippen LogP contribution in [0.15, 0.2) is 47.3 Å². The highest BCUT2D eigenvalue weighted by molar-refractivity contribution is 6.00. The van der Waals surface area contributed by atoms with E-state index in [9.17, 15) is 19.2 Å². The Hall–Kier alpha value is -3.42. The molecule has 2 bridgehead atoms. The number of esters is 1. The van der Waals surface area contributed by atoms with Gasteiger partial charge < -0.3 is 19.1 Å². The van der Waals surface area contributed by atoms with Crippen LogP contribution in [-0.2, 0) is 20.9 Å². The average Bonchev–Trinajstić information content (AvgIpc) is 3.21. The molecule has 1 aromatic carbocycles. The number of anilines is 1. The molecule has 8 nitrogen and oxygen atoms in total. The number of ether oxygens (including phenoxy) is 1. The van der Waals surface area contributed by atoms with E-state index in [2.05, 4.69) is 0 Å². The Morgan fingerprint density at radius 2 is 1.79 bits per heavy atom. The lowest BCUT2D eigenvalue weighted by Gasteiger charge is -2.43. The summed E-state index contributed by atoms with van der Waals surface area (Å²) in [5.74, 6) is -0.465. The van der Waals surface area contributed by atoms with Crippen LogP contribution < -0.4 is 10.5 Å². The summed E-state index contributed by atoms with van der Waals surface area (Å²) in [5, 5.41) is 0. The molecule has 2 fully saturated rings. The fourth-order valence-corrected chi connectivity index (χ4v) is 5.45. The predicted octanol–water partition coefficient (Wildman–Crippen LogP) is 2.02. The fourth-order valence-electron chi connectivity index (χ4n) is 5.45. The van der Waals surface area contributed by atoms with Gasteiger partial charge in [0.05, 0.1) is 18.1 Å². The van der Waals surface area contributed by atoms with E-state index in [0.717, 1.165) is 12.1 Å². The Morgan fingerprint density at radius 1 is 1.00 bits per heavy atom. The molecule has 172 valence electrons. The number of piperidine rings is 1. The molecular formula is C25H27N3O5. The molecule has 0 spiro atoms. The van der Waals surface area contributed by atoms with Crippen LogP contribution in [0.3, 0.4) is 0 Å². The predicted molar refractivity (Wildman–Crippen MR) is 121 cm³/mol. The van der Waals surface area contributed by atoms with Gasteiger partial charge in [-0.25, -0.2) is 4.79 Å². The molecule has 0 aliphatic carbocycles. The molecule has 2 aromatic rings. The lowest BCUT2D eigenvalue weighted by Crippen LogP contribution is -2.50. The van der Waals surface area contributed by atoms with Gasteiger partial charge in [0.2, 0.25) is 11.8 Å². The molecule has 3 aliphatic heterocycles. The van der Waals surface area contributed by atoms with E-state index in [0.29, 0.717) is 44.0 Å². The highest BCUT2D eigenvalue weighted by Gasteiger charge is 2.41. The van der Waals surface area contributed by atoms with Crippen molar-refractivity contribution in [3.8, 4) is 0 Å². The molecule has 4 heterocycles. The number of carbonyl (C=O) groups is 3. The van der Waals surface area contributed by atoms with Crippen LogP contribution in [0, 0.1) is 11.8 Å². The van der Waals surface area contributed by atoms with Gasteiger partial charge in [-0.2, -0.15) is 0 Å². The zero-order chi connectivity index (χ0) is 23.1. The van der Waals surface area contributed by atoms with Gasteiger partial charge in [-0.15, -0.1) is 0 Å². The fraction of sp³-hybridized carbons (Fsp3) is 0.440. The number of amides is 2. The van der Waals surface area contributed by atoms with Crippen LogP contribution >= 0.6 is 0 Å². The minimum absolute atomic E-state index is 0.00965. The van der Waals surface area contributed by atoms with E-state index in [-0.39, 0.29) is 41.5 Å². The summed E-state index contributed by atoms with van der Waals surface area (Å²) in [4.78, 5) is 53.7. The molecular weight excluding hydrogens is 422 g/mol. The molecule has 3 atom stereocenters. The SMILES string of the molecule is CCOC(=O)c1ccc(N2CC(C(=O)N3CC4CC(C3)c3cccc(=O)n3C4)CC2=O)cc1. The van der Waals surface area contributed by atoms with Crippen molar-refractivity contribution in [2.45, 2.75) is 32.2 Å². The number of likely N-dealkylation sites (tertiary alicyclic amines) is 1. The molecule has 0 saturated carbocycles. The molecule has 0 radical (unpaired) electrons. The van der Waals surface area contributed by atoms with Crippen molar-refractivity contribution in [2.24, 2.45) is 11.8 Å². The molecule has 2 amide bonds. The van der Waals surface area contributed by atoms with Crippen LogP contribution in [0.4, 0.5) is 5.69 Å². The van der Waals surface area contributed by atoms with Crippen LogP contribution in [0.25, 0.3) is 0 Å². The largest absolute Gasteiger partial charge is 0.462 e. The monoisotopic (exact) mass is 449 g/mol.